The number of esters is 1. The summed E-state index contributed by atoms with van der Waals surface area (Å²) in [6.45, 7) is 0.878. The van der Waals surface area contributed by atoms with E-state index in [1.807, 2.05) is 0 Å². The van der Waals surface area contributed by atoms with Crippen molar-refractivity contribution in [1.29, 1.82) is 0 Å². The summed E-state index contributed by atoms with van der Waals surface area (Å²) in [5, 5.41) is 13.1. The Kier molecular flexibility index (Phi) is 9.30. The molecule has 1 aromatic heterocycles. The Bertz CT molecular complexity index is 1750. The third-order valence-electron chi connectivity index (χ3n) is 6.65. The van der Waals surface area contributed by atoms with Crippen LogP contribution in [-0.4, -0.2) is 43.5 Å². The highest BCUT2D eigenvalue weighted by molar-refractivity contribution is 6.35. The maximum absolute atomic E-state index is 15.2. The molecule has 0 saturated heterocycles. The van der Waals surface area contributed by atoms with Gasteiger partial charge in [0.1, 0.15) is 33.3 Å². The molecule has 1 heterocycles. The summed E-state index contributed by atoms with van der Waals surface area (Å²) in [6.07, 6.45) is 1.05. The highest BCUT2D eigenvalue weighted by Crippen LogP contribution is 2.36. The fraction of sp³-hybridized carbons (Fsp3) is 0.241. The second kappa shape index (κ2) is 12.7. The lowest BCUT2D eigenvalue weighted by Crippen LogP contribution is -2.73. The standard InChI is InChI=1S/C29H27ClF3N3O6/c1-5-42-29(39)17-12-36(27-22(28(17)38)26(34-2)25(33)24(32)23(27)30)20-10-19(18(31)8-15(20)13-37)35-11-14-6-7-16(40-3)9-21(14)41-4/h6-10,12,34-35,37H,5,11,13H2,1-4H3/p+1. The van der Waals surface area contributed by atoms with Crippen molar-refractivity contribution in [3.8, 4) is 17.2 Å². The minimum absolute atomic E-state index is 0.00247. The average Bonchev–Trinajstić information content (AvgIpc) is 2.99. The SMILES string of the molecule is CCOC(=O)c1cn(-c2cc(NCc3ccc(OC)cc3OC)c(F)cc2CO)c2c(Cl)c(F)c(F)c([NH2+]C)c2c1=O. The minimum atomic E-state index is -1.42. The minimum Gasteiger partial charge on any atom is -0.497 e. The first-order chi connectivity index (χ1) is 20.1. The highest BCUT2D eigenvalue weighted by Gasteiger charge is 2.29. The number of aromatic nitrogens is 1. The molecule has 0 fully saturated rings. The van der Waals surface area contributed by atoms with E-state index < -0.39 is 57.1 Å². The molecule has 9 nitrogen and oxygen atoms in total. The van der Waals surface area contributed by atoms with Crippen molar-refractivity contribution in [3.63, 3.8) is 0 Å². The fourth-order valence-corrected chi connectivity index (χ4v) is 4.87. The largest absolute Gasteiger partial charge is 0.497 e. The van der Waals surface area contributed by atoms with Crippen molar-refractivity contribution in [3.05, 3.63) is 85.9 Å². The molecule has 0 aliphatic rings. The number of fused-ring (bicyclic) bond motifs is 1. The van der Waals surface area contributed by atoms with Gasteiger partial charge in [0.15, 0.2) is 11.5 Å². The number of hydrogen-bond donors (Lipinski definition) is 3. The van der Waals surface area contributed by atoms with Gasteiger partial charge >= 0.3 is 5.97 Å². The number of methoxy groups -OCH3 is 2. The van der Waals surface area contributed by atoms with Crippen molar-refractivity contribution >= 4 is 39.8 Å². The summed E-state index contributed by atoms with van der Waals surface area (Å²) < 4.78 is 62.0. The Morgan fingerprint density at radius 1 is 1.10 bits per heavy atom. The number of hydrogen-bond acceptors (Lipinski definition) is 7. The van der Waals surface area contributed by atoms with Crippen molar-refractivity contribution in [2.75, 3.05) is 33.2 Å². The molecular weight excluding hydrogens is 579 g/mol. The molecule has 3 aromatic carbocycles. The second-order valence-corrected chi connectivity index (χ2v) is 9.36. The molecule has 4 N–H and O–H groups in total. The summed E-state index contributed by atoms with van der Waals surface area (Å²) in [5.74, 6) is -3.52. The Labute approximate surface area is 243 Å². The number of nitrogens with zero attached hydrogens (tertiary/aromatic N) is 1. The number of nitrogens with one attached hydrogen (secondary N) is 1. The molecule has 0 bridgehead atoms. The Balaban J connectivity index is 1.99. The molecule has 0 spiro atoms. The van der Waals surface area contributed by atoms with Gasteiger partial charge in [-0.05, 0) is 31.2 Å². The van der Waals surface area contributed by atoms with Gasteiger partial charge in [0.25, 0.3) is 0 Å². The zero-order chi connectivity index (χ0) is 30.7. The molecule has 0 unspecified atom stereocenters. The van der Waals surface area contributed by atoms with Crippen LogP contribution in [0.5, 0.6) is 11.5 Å². The van der Waals surface area contributed by atoms with Crippen LogP contribution in [0.4, 0.5) is 24.5 Å². The number of benzene rings is 3. The fourth-order valence-electron chi connectivity index (χ4n) is 4.60. The van der Waals surface area contributed by atoms with Gasteiger partial charge < -0.3 is 34.5 Å². The van der Waals surface area contributed by atoms with E-state index >= 15 is 4.39 Å². The van der Waals surface area contributed by atoms with E-state index in [2.05, 4.69) is 5.32 Å². The van der Waals surface area contributed by atoms with Gasteiger partial charge in [-0.2, -0.15) is 4.39 Å². The van der Waals surface area contributed by atoms with Gasteiger partial charge in [-0.25, -0.2) is 13.6 Å². The summed E-state index contributed by atoms with van der Waals surface area (Å²) in [4.78, 5) is 26.2. The zero-order valence-corrected chi connectivity index (χ0v) is 23.9. The Morgan fingerprint density at radius 2 is 1.83 bits per heavy atom. The van der Waals surface area contributed by atoms with E-state index in [1.165, 1.54) is 39.6 Å². The molecular formula is C29H28ClF3N3O6+. The van der Waals surface area contributed by atoms with Gasteiger partial charge in [-0.15, -0.1) is 0 Å². The first-order valence-corrected chi connectivity index (χ1v) is 13.1. The van der Waals surface area contributed by atoms with Crippen LogP contribution in [0.1, 0.15) is 28.4 Å². The van der Waals surface area contributed by atoms with Crippen molar-refractivity contribution in [2.45, 2.75) is 20.1 Å². The molecule has 0 saturated carbocycles. The van der Waals surface area contributed by atoms with Crippen molar-refractivity contribution < 1.29 is 42.6 Å². The summed E-state index contributed by atoms with van der Waals surface area (Å²) in [6, 6.07) is 7.43. The van der Waals surface area contributed by atoms with Crippen molar-refractivity contribution in [2.24, 2.45) is 0 Å². The average molecular weight is 607 g/mol. The van der Waals surface area contributed by atoms with E-state index in [0.29, 0.717) is 17.1 Å². The van der Waals surface area contributed by atoms with Gasteiger partial charge in [0.05, 0.1) is 51.4 Å². The van der Waals surface area contributed by atoms with Crippen LogP contribution in [0, 0.1) is 17.5 Å². The number of aliphatic hydroxyl groups is 1. The first-order valence-electron chi connectivity index (χ1n) is 12.7. The number of carbonyl (C=O) groups excluding carboxylic acids is 1. The number of nitrogens with two attached hydrogens (primary N) is 1. The zero-order valence-electron chi connectivity index (χ0n) is 23.1. The normalized spacial score (nSPS) is 11.1. The maximum Gasteiger partial charge on any atom is 0.343 e. The Hall–Kier alpha value is -4.26. The van der Waals surface area contributed by atoms with Crippen LogP contribution < -0.4 is 25.5 Å². The molecule has 0 atom stereocenters. The summed E-state index contributed by atoms with van der Waals surface area (Å²) >= 11 is 6.27. The van der Waals surface area contributed by atoms with Crippen LogP contribution in [0.3, 0.4) is 0 Å². The molecule has 0 amide bonds. The van der Waals surface area contributed by atoms with Crippen LogP contribution in [0.2, 0.25) is 5.02 Å². The number of pyridine rings is 1. The molecule has 42 heavy (non-hydrogen) atoms. The van der Waals surface area contributed by atoms with E-state index in [-0.39, 0.29) is 35.6 Å². The molecule has 0 aliphatic carbocycles. The number of quaternary nitrogens is 1. The number of ether oxygens (including phenoxy) is 3. The van der Waals surface area contributed by atoms with Gasteiger partial charge in [0, 0.05) is 29.9 Å². The number of aliphatic hydroxyl groups excluding tert-OH is 1. The lowest BCUT2D eigenvalue weighted by atomic mass is 10.1. The molecule has 13 heteroatoms. The Morgan fingerprint density at radius 3 is 2.45 bits per heavy atom. The molecule has 4 rings (SSSR count). The number of carbonyl (C=O) groups is 1. The van der Waals surface area contributed by atoms with Crippen LogP contribution >= 0.6 is 11.6 Å². The number of rotatable bonds is 10. The predicted molar refractivity (Wildman–Crippen MR) is 151 cm³/mol. The monoisotopic (exact) mass is 606 g/mol. The van der Waals surface area contributed by atoms with Crippen LogP contribution in [0.15, 0.2) is 41.3 Å². The molecule has 4 aromatic rings. The number of halogens is 4. The molecule has 0 aliphatic heterocycles. The van der Waals surface area contributed by atoms with E-state index in [9.17, 15) is 23.5 Å². The van der Waals surface area contributed by atoms with E-state index in [0.717, 1.165) is 16.8 Å². The molecule has 0 radical (unpaired) electrons. The lowest BCUT2D eigenvalue weighted by molar-refractivity contribution is -0.540. The number of anilines is 1. The smallest absolute Gasteiger partial charge is 0.343 e. The van der Waals surface area contributed by atoms with Crippen molar-refractivity contribution in [1.82, 2.24) is 4.57 Å². The lowest BCUT2D eigenvalue weighted by Gasteiger charge is -2.20. The first kappa shape index (κ1) is 30.7. The van der Waals surface area contributed by atoms with E-state index in [4.69, 9.17) is 25.8 Å². The van der Waals surface area contributed by atoms with Gasteiger partial charge in [0.2, 0.25) is 11.2 Å². The van der Waals surface area contributed by atoms with Gasteiger partial charge in [-0.1, -0.05) is 11.6 Å². The second-order valence-electron chi connectivity index (χ2n) is 8.98. The highest BCUT2D eigenvalue weighted by atomic mass is 35.5. The predicted octanol–water partition coefficient (Wildman–Crippen LogP) is 4.18. The quantitative estimate of drug-likeness (QED) is 0.141. The summed E-state index contributed by atoms with van der Waals surface area (Å²) in [7, 11) is 4.37. The van der Waals surface area contributed by atoms with Crippen LogP contribution in [-0.2, 0) is 17.9 Å². The van der Waals surface area contributed by atoms with Gasteiger partial charge in [-0.3, -0.25) is 4.79 Å². The third kappa shape index (κ3) is 5.48. The van der Waals surface area contributed by atoms with E-state index in [1.54, 1.807) is 18.2 Å². The maximum atomic E-state index is 15.2. The topological polar surface area (TPSA) is 116 Å². The summed E-state index contributed by atoms with van der Waals surface area (Å²) in [5.41, 5.74) is -1.50. The van der Waals surface area contributed by atoms with Crippen LogP contribution in [0.25, 0.3) is 16.6 Å². The molecule has 222 valence electrons. The third-order valence-corrected chi connectivity index (χ3v) is 7.00.